The summed E-state index contributed by atoms with van der Waals surface area (Å²) in [6, 6.07) is 6.95. The lowest BCUT2D eigenvalue weighted by atomic mass is 9.85. The second kappa shape index (κ2) is 14.4. The van der Waals surface area contributed by atoms with Gasteiger partial charge in [0.05, 0.1) is 23.8 Å². The first-order chi connectivity index (χ1) is 15.9. The molecule has 190 valence electrons. The van der Waals surface area contributed by atoms with E-state index in [2.05, 4.69) is 10.6 Å². The Morgan fingerprint density at radius 2 is 1.62 bits per heavy atom. The Bertz CT molecular complexity index is 840. The minimum Gasteiger partial charge on any atom is -0.391 e. The van der Waals surface area contributed by atoms with Crippen molar-refractivity contribution in [2.75, 3.05) is 6.54 Å². The van der Waals surface area contributed by atoms with Gasteiger partial charge in [-0.05, 0) is 30.0 Å². The van der Waals surface area contributed by atoms with Crippen molar-refractivity contribution in [3.8, 4) is 6.07 Å². The quantitative estimate of drug-likeness (QED) is 0.604. The first-order valence-electron chi connectivity index (χ1n) is 12.0. The molecule has 4 atom stereocenters. The smallest absolute Gasteiger partial charge is 0.246 e. The molecule has 1 aromatic rings. The van der Waals surface area contributed by atoms with Crippen LogP contribution in [0.3, 0.4) is 0 Å². The molecule has 1 heterocycles. The van der Waals surface area contributed by atoms with Crippen molar-refractivity contribution in [3.63, 3.8) is 0 Å². The fourth-order valence-electron chi connectivity index (χ4n) is 3.56. The van der Waals surface area contributed by atoms with Crippen LogP contribution in [0.1, 0.15) is 85.9 Å². The van der Waals surface area contributed by atoms with Crippen molar-refractivity contribution < 1.29 is 19.5 Å². The third-order valence-electron chi connectivity index (χ3n) is 5.22. The predicted molar refractivity (Wildman–Crippen MR) is 134 cm³/mol. The van der Waals surface area contributed by atoms with E-state index in [1.807, 2.05) is 61.5 Å². The minimum absolute atomic E-state index is 0.0360. The minimum atomic E-state index is -0.827. The highest BCUT2D eigenvalue weighted by atomic mass is 16.3. The summed E-state index contributed by atoms with van der Waals surface area (Å²) in [5, 5.41) is 24.6. The maximum Gasteiger partial charge on any atom is 0.246 e. The molecule has 3 N–H and O–H groups in total. The first-order valence-corrected chi connectivity index (χ1v) is 12.0. The molecule has 0 aromatic heterocycles. The van der Waals surface area contributed by atoms with E-state index in [1.165, 1.54) is 11.8 Å². The Kier molecular flexibility index (Phi) is 13.1. The molecule has 0 radical (unpaired) electrons. The third kappa shape index (κ3) is 8.79. The fraction of sp³-hybridized carbons (Fsp3) is 0.615. The van der Waals surface area contributed by atoms with E-state index in [9.17, 15) is 19.5 Å². The second-order valence-electron chi connectivity index (χ2n) is 8.86. The van der Waals surface area contributed by atoms with Crippen LogP contribution in [0, 0.1) is 16.7 Å². The van der Waals surface area contributed by atoms with Gasteiger partial charge in [0.2, 0.25) is 17.7 Å². The molecule has 0 spiro atoms. The molecule has 0 aliphatic carbocycles. The van der Waals surface area contributed by atoms with E-state index in [0.29, 0.717) is 5.56 Å². The number of nitrogens with zero attached hydrogens (tertiary/aromatic N) is 2. The standard InChI is InChI=1S/C22H30N4O4.2C2H6/c1-13(16-8-6-15(11-23)7-9-16)24-20(29)18-10-17(28)12-26(18)21(30)19(22(3,4)5)25-14(2)27;2*1-2/h6-9,13,17-19,28H,10,12H2,1-5H3,(H,24,29)(H,25,27);2*1-2H3. The molecule has 1 aromatic carbocycles. The predicted octanol–water partition coefficient (Wildman–Crippen LogP) is 3.30. The molecule has 4 unspecified atom stereocenters. The van der Waals surface area contributed by atoms with Gasteiger partial charge < -0.3 is 20.6 Å². The molecule has 8 heteroatoms. The molecule has 34 heavy (non-hydrogen) atoms. The number of carbonyl (C=O) groups is 3. The van der Waals surface area contributed by atoms with Crippen LogP contribution in [-0.2, 0) is 14.4 Å². The summed E-state index contributed by atoms with van der Waals surface area (Å²) in [5.74, 6) is -1.09. The second-order valence-corrected chi connectivity index (χ2v) is 8.86. The Balaban J connectivity index is 0.00000258. The molecule has 2 rings (SSSR count). The number of benzene rings is 1. The number of carbonyl (C=O) groups excluding carboxylic acids is 3. The normalized spacial score (nSPS) is 18.7. The number of aliphatic hydroxyl groups is 1. The monoisotopic (exact) mass is 474 g/mol. The highest BCUT2D eigenvalue weighted by Crippen LogP contribution is 2.26. The summed E-state index contributed by atoms with van der Waals surface area (Å²) < 4.78 is 0. The lowest BCUT2D eigenvalue weighted by Crippen LogP contribution is -2.57. The summed E-state index contributed by atoms with van der Waals surface area (Å²) in [6.07, 6.45) is -0.679. The van der Waals surface area contributed by atoms with Crippen molar-refractivity contribution in [2.24, 2.45) is 5.41 Å². The molecule has 8 nitrogen and oxygen atoms in total. The van der Waals surface area contributed by atoms with Crippen LogP contribution < -0.4 is 10.6 Å². The largest absolute Gasteiger partial charge is 0.391 e. The number of likely N-dealkylation sites (tertiary alicyclic amines) is 1. The Morgan fingerprint density at radius 1 is 1.09 bits per heavy atom. The van der Waals surface area contributed by atoms with Crippen LogP contribution >= 0.6 is 0 Å². The van der Waals surface area contributed by atoms with E-state index < -0.39 is 23.6 Å². The van der Waals surface area contributed by atoms with Crippen LogP contribution in [-0.4, -0.2) is 52.5 Å². The number of aliphatic hydroxyl groups excluding tert-OH is 1. The molecular formula is C26H42N4O4. The summed E-state index contributed by atoms with van der Waals surface area (Å²) >= 11 is 0. The van der Waals surface area contributed by atoms with Crippen molar-refractivity contribution in [1.82, 2.24) is 15.5 Å². The van der Waals surface area contributed by atoms with Gasteiger partial charge >= 0.3 is 0 Å². The SMILES string of the molecule is CC.CC.CC(=O)NC(C(=O)N1CC(O)CC1C(=O)NC(C)c1ccc(C#N)cc1)C(C)(C)C. The van der Waals surface area contributed by atoms with E-state index in [-0.39, 0.29) is 36.7 Å². The van der Waals surface area contributed by atoms with E-state index in [1.54, 1.807) is 24.3 Å². The Labute approximate surface area is 204 Å². The zero-order chi connectivity index (χ0) is 26.6. The highest BCUT2D eigenvalue weighted by molar-refractivity contribution is 5.93. The van der Waals surface area contributed by atoms with Gasteiger partial charge in [-0.25, -0.2) is 0 Å². The average molecular weight is 475 g/mol. The molecule has 3 amide bonds. The Morgan fingerprint density at radius 3 is 2.06 bits per heavy atom. The summed E-state index contributed by atoms with van der Waals surface area (Å²) in [7, 11) is 0. The summed E-state index contributed by atoms with van der Waals surface area (Å²) in [6.45, 7) is 16.7. The summed E-state index contributed by atoms with van der Waals surface area (Å²) in [5.41, 5.74) is 0.788. The van der Waals surface area contributed by atoms with Crippen LogP contribution in [0.25, 0.3) is 0 Å². The molecule has 1 aliphatic heterocycles. The van der Waals surface area contributed by atoms with Gasteiger partial charge in [0, 0.05) is 19.9 Å². The van der Waals surface area contributed by atoms with Gasteiger partial charge in [-0.15, -0.1) is 0 Å². The van der Waals surface area contributed by atoms with Crippen LogP contribution in [0.2, 0.25) is 0 Å². The van der Waals surface area contributed by atoms with E-state index in [4.69, 9.17) is 5.26 Å². The number of rotatable bonds is 5. The van der Waals surface area contributed by atoms with Crippen LogP contribution in [0.5, 0.6) is 0 Å². The number of hydrogen-bond donors (Lipinski definition) is 3. The maximum atomic E-state index is 13.2. The Hall–Kier alpha value is -2.92. The van der Waals surface area contributed by atoms with Gasteiger partial charge in [-0.2, -0.15) is 5.26 Å². The molecular weight excluding hydrogens is 432 g/mol. The zero-order valence-corrected chi connectivity index (χ0v) is 22.1. The molecule has 0 bridgehead atoms. The first kappa shape index (κ1) is 31.1. The molecule has 0 saturated carbocycles. The van der Waals surface area contributed by atoms with Crippen molar-refractivity contribution >= 4 is 17.7 Å². The number of nitriles is 1. The number of amides is 3. The van der Waals surface area contributed by atoms with E-state index >= 15 is 0 Å². The van der Waals surface area contributed by atoms with Gasteiger partial charge in [0.15, 0.2) is 0 Å². The van der Waals surface area contributed by atoms with Gasteiger partial charge in [0.25, 0.3) is 0 Å². The maximum absolute atomic E-state index is 13.2. The lowest BCUT2D eigenvalue weighted by molar-refractivity contribution is -0.144. The highest BCUT2D eigenvalue weighted by Gasteiger charge is 2.44. The van der Waals surface area contributed by atoms with Gasteiger partial charge in [-0.1, -0.05) is 60.6 Å². The van der Waals surface area contributed by atoms with Crippen LogP contribution in [0.15, 0.2) is 24.3 Å². The zero-order valence-electron chi connectivity index (χ0n) is 22.1. The van der Waals surface area contributed by atoms with Crippen LogP contribution in [0.4, 0.5) is 0 Å². The third-order valence-corrected chi connectivity index (χ3v) is 5.22. The lowest BCUT2D eigenvalue weighted by Gasteiger charge is -2.35. The van der Waals surface area contributed by atoms with Crippen molar-refractivity contribution in [1.29, 1.82) is 5.26 Å². The number of nitrogens with one attached hydrogen (secondary N) is 2. The van der Waals surface area contributed by atoms with Gasteiger partial charge in [0.1, 0.15) is 12.1 Å². The fourth-order valence-corrected chi connectivity index (χ4v) is 3.56. The van der Waals surface area contributed by atoms with Gasteiger partial charge in [-0.3, -0.25) is 14.4 Å². The molecule has 1 saturated heterocycles. The topological polar surface area (TPSA) is 123 Å². The number of hydrogen-bond acceptors (Lipinski definition) is 5. The molecule has 1 aliphatic rings. The van der Waals surface area contributed by atoms with Crippen molar-refractivity contribution in [2.45, 2.75) is 93.0 Å². The summed E-state index contributed by atoms with van der Waals surface area (Å²) in [4.78, 5) is 39.1. The molecule has 1 fully saturated rings. The number of β-amino-alcohol motifs (C(OH)–C–C–N with tert-alkyl or cyclic N) is 1. The van der Waals surface area contributed by atoms with E-state index in [0.717, 1.165) is 5.56 Å². The van der Waals surface area contributed by atoms with Crippen molar-refractivity contribution in [3.05, 3.63) is 35.4 Å². The average Bonchev–Trinajstić information content (AvgIpc) is 3.20.